The number of ketones is 1. The third-order valence-corrected chi connectivity index (χ3v) is 14.6. The third kappa shape index (κ3) is 16.6. The van der Waals surface area contributed by atoms with Crippen LogP contribution in [0.4, 0.5) is 0 Å². The molecule has 0 spiro atoms. The summed E-state index contributed by atoms with van der Waals surface area (Å²) < 4.78 is 67.4. The summed E-state index contributed by atoms with van der Waals surface area (Å²) in [6.45, 7) is 17.2. The molecule has 0 amide bonds. The number of methoxy groups -OCH3 is 2. The maximum atomic E-state index is 14.3. The van der Waals surface area contributed by atoms with Gasteiger partial charge in [0.1, 0.15) is 54.6 Å². The second-order valence-corrected chi connectivity index (χ2v) is 20.8. The van der Waals surface area contributed by atoms with E-state index < -0.39 is 152 Å². The fourth-order valence-corrected chi connectivity index (χ4v) is 10.5. The Balaban J connectivity index is 1.68. The summed E-state index contributed by atoms with van der Waals surface area (Å²) in [5, 5.41) is 34.5. The van der Waals surface area contributed by atoms with Crippen LogP contribution in [0.15, 0.2) is 23.8 Å². The Kier molecular flexibility index (Phi) is 24.5. The molecule has 4 heterocycles. The van der Waals surface area contributed by atoms with Crippen LogP contribution >= 0.6 is 0 Å². The van der Waals surface area contributed by atoms with Gasteiger partial charge in [0.2, 0.25) is 0 Å². The Morgan fingerprint density at radius 3 is 2.11 bits per heavy atom. The molecule has 15 unspecified atom stereocenters. The lowest BCUT2D eigenvalue weighted by Crippen LogP contribution is -2.65. The largest absolute Gasteiger partial charge is 0.462 e. The molecule has 0 saturated carbocycles. The van der Waals surface area contributed by atoms with Gasteiger partial charge in [-0.2, -0.15) is 0 Å². The number of allylic oxidation sites excluding steroid dienone is 3. The molecule has 3 saturated heterocycles. The van der Waals surface area contributed by atoms with E-state index in [4.69, 9.17) is 52.1 Å². The molecule has 20 heteroatoms. The number of ether oxygens (including phenoxy) is 11. The molecule has 3 N–H and O–H groups in total. The van der Waals surface area contributed by atoms with Crippen molar-refractivity contribution in [3.63, 3.8) is 0 Å². The lowest BCUT2D eigenvalue weighted by molar-refractivity contribution is -0.342. The van der Waals surface area contributed by atoms with Crippen LogP contribution in [0.25, 0.3) is 0 Å². The second kappa shape index (κ2) is 28.8. The van der Waals surface area contributed by atoms with E-state index in [2.05, 4.69) is 0 Å². The fraction of sp³-hybridized carbons (Fsp3) is 0.830. The standard InChI is InChI=1S/C53H87NO19/c1-15-18-40(58)71-50-33(9)66-42(26-53(50,10)62)72-47-32(8)68-51(45(61)43(47)54(11)12)73-46-30(6)38(70-39(57)17-3)25-41(59)69-37(16-2)35(23-28(4)19-20-36(56)29(5)24-34(46)21-22-55)27-65-52-49(64-14)48(63-13)44(60)31(7)67-52/h19-20,22-23,29-35,37-38,42-52,60-62H,15-18,21,24-27H2,1-14H3/b20-19+,28-23-/t29-,30+,31?,32?,33?,34+,35?,37+,38-,42?,43?,44?,45?,46-,47?,48?,49?,50?,51?,52?,53?/m1/s1. The Morgan fingerprint density at radius 2 is 1.52 bits per heavy atom. The highest BCUT2D eigenvalue weighted by Gasteiger charge is 2.53. The van der Waals surface area contributed by atoms with Crippen LogP contribution in [0.3, 0.4) is 0 Å². The molecule has 0 aromatic carbocycles. The quantitative estimate of drug-likeness (QED) is 0.0991. The van der Waals surface area contributed by atoms with Crippen LogP contribution < -0.4 is 0 Å². The molecule has 0 aromatic rings. The predicted octanol–water partition coefficient (Wildman–Crippen LogP) is 4.15. The van der Waals surface area contributed by atoms with Crippen molar-refractivity contribution in [1.29, 1.82) is 0 Å². The first-order valence-corrected chi connectivity index (χ1v) is 26.1. The molecular formula is C53H87NO19. The van der Waals surface area contributed by atoms with Gasteiger partial charge >= 0.3 is 17.9 Å². The Morgan fingerprint density at radius 1 is 0.849 bits per heavy atom. The van der Waals surface area contributed by atoms with Gasteiger partial charge in [-0.25, -0.2) is 0 Å². The Bertz CT molecular complexity index is 1840. The van der Waals surface area contributed by atoms with E-state index in [1.54, 1.807) is 80.5 Å². The molecule has 3 fully saturated rings. The Hall–Kier alpha value is -3.25. The van der Waals surface area contributed by atoms with Crippen LogP contribution in [-0.2, 0) is 76.1 Å². The summed E-state index contributed by atoms with van der Waals surface area (Å²) in [6.07, 6.45) is -8.02. The lowest BCUT2D eigenvalue weighted by Gasteiger charge is -2.50. The highest BCUT2D eigenvalue weighted by molar-refractivity contribution is 5.91. The maximum Gasteiger partial charge on any atom is 0.309 e. The van der Waals surface area contributed by atoms with Crippen molar-refractivity contribution in [3.05, 3.63) is 23.8 Å². The number of aliphatic hydroxyl groups excluding tert-OH is 2. The van der Waals surface area contributed by atoms with E-state index in [0.29, 0.717) is 18.4 Å². The number of carbonyl (C=O) groups excluding carboxylic acids is 5. The summed E-state index contributed by atoms with van der Waals surface area (Å²) in [7, 11) is 6.42. The lowest BCUT2D eigenvalue weighted by atomic mass is 9.79. The minimum absolute atomic E-state index is 0.0246. The van der Waals surface area contributed by atoms with Crippen molar-refractivity contribution < 1.29 is 91.4 Å². The molecule has 21 atom stereocenters. The van der Waals surface area contributed by atoms with Gasteiger partial charge in [-0.3, -0.25) is 19.2 Å². The van der Waals surface area contributed by atoms with E-state index in [1.165, 1.54) is 20.3 Å². The number of carbonyl (C=O) groups is 5. The van der Waals surface area contributed by atoms with E-state index in [-0.39, 0.29) is 44.5 Å². The topological polar surface area (TPSA) is 251 Å². The first kappa shape index (κ1) is 62.3. The smallest absolute Gasteiger partial charge is 0.309 e. The van der Waals surface area contributed by atoms with Crippen molar-refractivity contribution in [2.45, 2.75) is 224 Å². The zero-order valence-electron chi connectivity index (χ0n) is 45.5. The van der Waals surface area contributed by atoms with Gasteiger partial charge < -0.3 is 77.1 Å². The van der Waals surface area contributed by atoms with Crippen molar-refractivity contribution in [3.8, 4) is 0 Å². The van der Waals surface area contributed by atoms with E-state index >= 15 is 0 Å². The van der Waals surface area contributed by atoms with Gasteiger partial charge in [0, 0.05) is 57.7 Å². The van der Waals surface area contributed by atoms with Crippen LogP contribution in [0, 0.1) is 23.7 Å². The van der Waals surface area contributed by atoms with Crippen molar-refractivity contribution in [2.24, 2.45) is 23.7 Å². The minimum Gasteiger partial charge on any atom is -0.462 e. The van der Waals surface area contributed by atoms with Gasteiger partial charge in [-0.15, -0.1) is 0 Å². The fourth-order valence-electron chi connectivity index (χ4n) is 10.5. The minimum atomic E-state index is -1.52. The molecule has 0 radical (unpaired) electrons. The number of hydrogen-bond donors (Lipinski definition) is 3. The normalized spacial score (nSPS) is 41.5. The summed E-state index contributed by atoms with van der Waals surface area (Å²) in [6, 6.07) is -0.807. The predicted molar refractivity (Wildman–Crippen MR) is 263 cm³/mol. The van der Waals surface area contributed by atoms with Crippen LogP contribution in [-0.4, -0.2) is 189 Å². The first-order valence-electron chi connectivity index (χ1n) is 26.1. The second-order valence-electron chi connectivity index (χ2n) is 20.8. The molecule has 73 heavy (non-hydrogen) atoms. The van der Waals surface area contributed by atoms with Crippen LogP contribution in [0.1, 0.15) is 121 Å². The highest BCUT2D eigenvalue weighted by Crippen LogP contribution is 2.39. The van der Waals surface area contributed by atoms with Crippen molar-refractivity contribution in [1.82, 2.24) is 4.90 Å². The molecule has 0 aliphatic carbocycles. The van der Waals surface area contributed by atoms with E-state index in [0.717, 1.165) is 6.29 Å². The number of esters is 3. The van der Waals surface area contributed by atoms with Crippen LogP contribution in [0.5, 0.6) is 0 Å². The highest BCUT2D eigenvalue weighted by atomic mass is 16.7. The zero-order valence-corrected chi connectivity index (χ0v) is 45.5. The third-order valence-electron chi connectivity index (χ3n) is 14.6. The molecular weight excluding hydrogens is 955 g/mol. The van der Waals surface area contributed by atoms with Crippen molar-refractivity contribution in [2.75, 3.05) is 34.9 Å². The number of likely N-dealkylation sites (N-methyl/N-ethyl adjacent to an activating group) is 1. The monoisotopic (exact) mass is 1040 g/mol. The number of nitrogens with zero attached hydrogens (tertiary/aromatic N) is 1. The summed E-state index contributed by atoms with van der Waals surface area (Å²) in [5.41, 5.74) is -0.853. The average molecular weight is 1040 g/mol. The summed E-state index contributed by atoms with van der Waals surface area (Å²) >= 11 is 0. The summed E-state index contributed by atoms with van der Waals surface area (Å²) in [5.74, 6) is -4.82. The average Bonchev–Trinajstić information content (AvgIpc) is 3.32. The SMILES string of the molecule is CCCC(=O)OC1C(C)OC(OC2C(C)OC(O[C@H]3[C@@H](CC=O)C[C@@H](C)C(=O)/C=C/C(C)=C\C(COC4OC(C)C(O)C(OC)C4OC)[C@H](CC)OC(=O)C[C@@H](OC(=O)CC)[C@@H]3C)C(O)C2N(C)C)CC1(C)O. The number of hydrogen-bond acceptors (Lipinski definition) is 20. The van der Waals surface area contributed by atoms with Gasteiger partial charge in [0.25, 0.3) is 0 Å². The number of aldehydes is 1. The maximum absolute atomic E-state index is 14.3. The van der Waals surface area contributed by atoms with E-state index in [1.807, 2.05) is 19.9 Å². The van der Waals surface area contributed by atoms with Gasteiger partial charge in [-0.05, 0) is 80.0 Å². The molecule has 0 aromatic heterocycles. The van der Waals surface area contributed by atoms with Crippen molar-refractivity contribution >= 4 is 30.0 Å². The van der Waals surface area contributed by atoms with E-state index in [9.17, 15) is 39.3 Å². The number of rotatable bonds is 18. The molecule has 4 aliphatic heterocycles. The molecule has 0 bridgehead atoms. The number of aliphatic hydroxyl groups is 3. The zero-order chi connectivity index (χ0) is 54.5. The molecule has 4 aliphatic rings. The summed E-state index contributed by atoms with van der Waals surface area (Å²) in [4.78, 5) is 68.2. The van der Waals surface area contributed by atoms with Gasteiger partial charge in [0.15, 0.2) is 30.8 Å². The molecule has 418 valence electrons. The van der Waals surface area contributed by atoms with Crippen LogP contribution in [0.2, 0.25) is 0 Å². The van der Waals surface area contributed by atoms with Gasteiger partial charge in [-0.1, -0.05) is 52.3 Å². The Labute approximate surface area is 432 Å². The van der Waals surface area contributed by atoms with Gasteiger partial charge in [0.05, 0.1) is 43.5 Å². The molecule has 4 rings (SSSR count). The molecule has 20 nitrogen and oxygen atoms in total. The first-order chi connectivity index (χ1) is 34.4. The number of cyclic esters (lactones) is 1.